The highest BCUT2D eigenvalue weighted by atomic mass is 16.3. The van der Waals surface area contributed by atoms with Crippen molar-refractivity contribution in [1.82, 2.24) is 19.5 Å². The minimum absolute atomic E-state index is 0.528. The van der Waals surface area contributed by atoms with Crippen LogP contribution in [0.3, 0.4) is 0 Å². The molecule has 0 atom stereocenters. The van der Waals surface area contributed by atoms with Gasteiger partial charge < -0.3 is 13.4 Å². The largest absolute Gasteiger partial charge is 0.456 e. The molecule has 0 aliphatic carbocycles. The Morgan fingerprint density at radius 1 is 0.351 bits per heavy atom. The van der Waals surface area contributed by atoms with E-state index in [0.717, 1.165) is 93.8 Å². The molecule has 0 saturated carbocycles. The molecule has 0 spiro atoms. The molecular weight excluding hydrogens is 701 g/mol. The molecule has 8 aromatic carbocycles. The van der Waals surface area contributed by atoms with Crippen molar-refractivity contribution in [2.24, 2.45) is 0 Å². The van der Waals surface area contributed by atoms with E-state index in [1.54, 1.807) is 0 Å². The summed E-state index contributed by atoms with van der Waals surface area (Å²) in [5, 5.41) is 6.30. The van der Waals surface area contributed by atoms with Crippen LogP contribution in [0.1, 0.15) is 0 Å². The minimum atomic E-state index is 0.528. The zero-order chi connectivity index (χ0) is 37.5. The molecule has 0 N–H and O–H groups in total. The first kappa shape index (κ1) is 31.5. The first-order chi connectivity index (χ1) is 28.2. The lowest BCUT2D eigenvalue weighted by Gasteiger charge is -2.10. The number of rotatable bonds is 5. The van der Waals surface area contributed by atoms with Crippen LogP contribution in [-0.4, -0.2) is 19.5 Å². The van der Waals surface area contributed by atoms with E-state index in [1.165, 1.54) is 5.39 Å². The van der Waals surface area contributed by atoms with E-state index in [2.05, 4.69) is 144 Å². The average Bonchev–Trinajstić information content (AvgIpc) is 3.95. The van der Waals surface area contributed by atoms with Crippen LogP contribution >= 0.6 is 0 Å². The molecule has 12 rings (SSSR count). The molecule has 6 nitrogen and oxygen atoms in total. The van der Waals surface area contributed by atoms with Gasteiger partial charge in [-0.15, -0.1) is 0 Å². The van der Waals surface area contributed by atoms with Gasteiger partial charge in [0.25, 0.3) is 0 Å². The standard InChI is InChI=1S/C51H30N4O2/c1-3-13-31(14-4-1)32-25-27-33(28-26-32)49-52-50(38-20-12-24-45-47(38)37-18-8-10-23-44(37)56-45)54-51(53-49)39-21-11-19-36-41-29-43-40(30-46(41)57-48(36)39)35-17-7-9-22-42(35)55(43)34-15-5-2-6-16-34/h1-30H. The number of hydrogen-bond acceptors (Lipinski definition) is 5. The second kappa shape index (κ2) is 12.3. The predicted molar refractivity (Wildman–Crippen MR) is 230 cm³/mol. The fourth-order valence-electron chi connectivity index (χ4n) is 8.44. The molecule has 0 aliphatic heterocycles. The Morgan fingerprint density at radius 2 is 0.965 bits per heavy atom. The van der Waals surface area contributed by atoms with Gasteiger partial charge in [0.05, 0.1) is 16.6 Å². The fourth-order valence-corrected chi connectivity index (χ4v) is 8.44. The summed E-state index contributed by atoms with van der Waals surface area (Å²) in [7, 11) is 0. The second-order valence-corrected chi connectivity index (χ2v) is 14.4. The third-order valence-electron chi connectivity index (χ3n) is 11.1. The predicted octanol–water partition coefficient (Wildman–Crippen LogP) is 13.4. The van der Waals surface area contributed by atoms with Crippen molar-refractivity contribution < 1.29 is 8.83 Å². The molecule has 4 heterocycles. The van der Waals surface area contributed by atoms with E-state index < -0.39 is 0 Å². The normalized spacial score (nSPS) is 11.9. The third-order valence-corrected chi connectivity index (χ3v) is 11.1. The number of para-hydroxylation sites is 4. The van der Waals surface area contributed by atoms with Crippen LogP contribution in [0.2, 0.25) is 0 Å². The van der Waals surface area contributed by atoms with Crippen molar-refractivity contribution in [3.8, 4) is 51.0 Å². The zero-order valence-electron chi connectivity index (χ0n) is 30.4. The summed E-state index contributed by atoms with van der Waals surface area (Å²) in [4.78, 5) is 15.6. The highest BCUT2D eigenvalue weighted by molar-refractivity contribution is 6.18. The summed E-state index contributed by atoms with van der Waals surface area (Å²) < 4.78 is 15.5. The number of fused-ring (bicyclic) bond motifs is 9. The van der Waals surface area contributed by atoms with Gasteiger partial charge in [-0.05, 0) is 59.7 Å². The maximum atomic E-state index is 6.86. The van der Waals surface area contributed by atoms with Crippen molar-refractivity contribution in [1.29, 1.82) is 0 Å². The van der Waals surface area contributed by atoms with Gasteiger partial charge in [-0.25, -0.2) is 15.0 Å². The molecule has 0 fully saturated rings. The Balaban J connectivity index is 1.09. The molecule has 0 amide bonds. The summed E-state index contributed by atoms with van der Waals surface area (Å²) in [6.07, 6.45) is 0. The van der Waals surface area contributed by atoms with Gasteiger partial charge in [-0.1, -0.05) is 133 Å². The Hall–Kier alpha value is -7.83. The Bertz CT molecular complexity index is 3510. The van der Waals surface area contributed by atoms with Crippen molar-refractivity contribution in [3.63, 3.8) is 0 Å². The van der Waals surface area contributed by atoms with E-state index in [0.29, 0.717) is 17.5 Å². The zero-order valence-corrected chi connectivity index (χ0v) is 30.4. The van der Waals surface area contributed by atoms with Gasteiger partial charge in [0, 0.05) is 49.1 Å². The van der Waals surface area contributed by atoms with E-state index in [9.17, 15) is 0 Å². The molecular formula is C51H30N4O2. The number of benzene rings is 8. The minimum Gasteiger partial charge on any atom is -0.456 e. The van der Waals surface area contributed by atoms with Crippen molar-refractivity contribution in [3.05, 3.63) is 182 Å². The van der Waals surface area contributed by atoms with Gasteiger partial charge in [-0.3, -0.25) is 0 Å². The van der Waals surface area contributed by atoms with Crippen LogP contribution in [0, 0.1) is 0 Å². The number of nitrogens with zero attached hydrogens (tertiary/aromatic N) is 4. The van der Waals surface area contributed by atoms with Crippen LogP contribution < -0.4 is 0 Å². The van der Waals surface area contributed by atoms with E-state index in [4.69, 9.17) is 23.8 Å². The molecule has 4 aromatic heterocycles. The van der Waals surface area contributed by atoms with E-state index in [-0.39, 0.29) is 0 Å². The maximum absolute atomic E-state index is 6.86. The summed E-state index contributed by atoms with van der Waals surface area (Å²) in [6, 6.07) is 62.6. The molecule has 0 aliphatic rings. The third kappa shape index (κ3) is 4.94. The van der Waals surface area contributed by atoms with Crippen LogP contribution in [0.15, 0.2) is 191 Å². The maximum Gasteiger partial charge on any atom is 0.167 e. The molecule has 6 heteroatoms. The summed E-state index contributed by atoms with van der Waals surface area (Å²) >= 11 is 0. The summed E-state index contributed by atoms with van der Waals surface area (Å²) in [5.41, 5.74) is 11.3. The molecule has 0 saturated heterocycles. The quantitative estimate of drug-likeness (QED) is 0.176. The summed E-state index contributed by atoms with van der Waals surface area (Å²) in [6.45, 7) is 0. The fraction of sp³-hybridized carbons (Fsp3) is 0. The molecule has 266 valence electrons. The lowest BCUT2D eigenvalue weighted by Crippen LogP contribution is -2.00. The first-order valence-electron chi connectivity index (χ1n) is 19.0. The first-order valence-corrected chi connectivity index (χ1v) is 19.0. The van der Waals surface area contributed by atoms with Crippen LogP contribution in [0.4, 0.5) is 0 Å². The van der Waals surface area contributed by atoms with E-state index in [1.807, 2.05) is 42.5 Å². The molecule has 0 radical (unpaired) electrons. The number of hydrogen-bond donors (Lipinski definition) is 0. The van der Waals surface area contributed by atoms with Gasteiger partial charge in [0.1, 0.15) is 22.3 Å². The van der Waals surface area contributed by atoms with Crippen LogP contribution in [-0.2, 0) is 0 Å². The Labute approximate surface area is 325 Å². The van der Waals surface area contributed by atoms with Gasteiger partial charge in [0.2, 0.25) is 0 Å². The Kier molecular flexibility index (Phi) is 6.83. The lowest BCUT2D eigenvalue weighted by atomic mass is 10.0. The highest BCUT2D eigenvalue weighted by Gasteiger charge is 2.22. The van der Waals surface area contributed by atoms with Crippen molar-refractivity contribution in [2.75, 3.05) is 0 Å². The Morgan fingerprint density at radius 3 is 1.81 bits per heavy atom. The highest BCUT2D eigenvalue weighted by Crippen LogP contribution is 2.42. The summed E-state index contributed by atoms with van der Waals surface area (Å²) in [5.74, 6) is 1.66. The van der Waals surface area contributed by atoms with Crippen LogP contribution in [0.5, 0.6) is 0 Å². The van der Waals surface area contributed by atoms with Crippen molar-refractivity contribution >= 4 is 65.7 Å². The topological polar surface area (TPSA) is 69.9 Å². The number of furan rings is 2. The SMILES string of the molecule is c1ccc(-c2ccc(-c3nc(-c4cccc5c4oc4cc6c7ccccc7n(-c7ccccc7)c6cc45)nc(-c4cccc5oc6ccccc6c45)n3)cc2)cc1. The molecule has 12 aromatic rings. The molecule has 0 unspecified atom stereocenters. The van der Waals surface area contributed by atoms with Gasteiger partial charge in [-0.2, -0.15) is 0 Å². The van der Waals surface area contributed by atoms with Gasteiger partial charge in [0.15, 0.2) is 17.5 Å². The van der Waals surface area contributed by atoms with Gasteiger partial charge >= 0.3 is 0 Å². The van der Waals surface area contributed by atoms with Crippen LogP contribution in [0.25, 0.3) is 117 Å². The monoisotopic (exact) mass is 730 g/mol. The second-order valence-electron chi connectivity index (χ2n) is 14.4. The van der Waals surface area contributed by atoms with E-state index >= 15 is 0 Å². The molecule has 57 heavy (non-hydrogen) atoms. The number of aromatic nitrogens is 4. The lowest BCUT2D eigenvalue weighted by molar-refractivity contribution is 0.669. The molecule has 0 bridgehead atoms. The average molecular weight is 731 g/mol. The van der Waals surface area contributed by atoms with Crippen molar-refractivity contribution in [2.45, 2.75) is 0 Å². The smallest absolute Gasteiger partial charge is 0.167 e.